The largest absolute Gasteiger partial charge is 0.339 e. The van der Waals surface area contributed by atoms with Crippen molar-refractivity contribution in [3.8, 4) is 0 Å². The third kappa shape index (κ3) is 3.35. The van der Waals surface area contributed by atoms with Crippen molar-refractivity contribution < 1.29 is 12.9 Å². The fourth-order valence-electron chi connectivity index (χ4n) is 2.71. The standard InChI is InChI=1S/C16H22N4O3S/c1-11-4-5-12(2)13(10-11)24(21,22)18-9-6-14-19-15(20-23-14)16(17)7-3-8-16/h4-5,10,18H,3,6-9,17H2,1-2H3. The maximum Gasteiger partial charge on any atom is 0.240 e. The van der Waals surface area contributed by atoms with E-state index in [9.17, 15) is 8.42 Å². The number of aryl methyl sites for hydroxylation is 2. The summed E-state index contributed by atoms with van der Waals surface area (Å²) in [5, 5.41) is 3.92. The minimum absolute atomic E-state index is 0.189. The van der Waals surface area contributed by atoms with Crippen LogP contribution in [0.5, 0.6) is 0 Å². The number of hydrogen-bond donors (Lipinski definition) is 2. The van der Waals surface area contributed by atoms with Crippen molar-refractivity contribution in [2.45, 2.75) is 50.0 Å². The molecule has 1 aliphatic rings. The summed E-state index contributed by atoms with van der Waals surface area (Å²) >= 11 is 0. The highest BCUT2D eigenvalue weighted by molar-refractivity contribution is 7.89. The summed E-state index contributed by atoms with van der Waals surface area (Å²) in [5.74, 6) is 0.909. The molecule has 3 rings (SSSR count). The van der Waals surface area contributed by atoms with Gasteiger partial charge in [0.1, 0.15) is 0 Å². The maximum absolute atomic E-state index is 12.4. The number of sulfonamides is 1. The van der Waals surface area contributed by atoms with Crippen LogP contribution in [-0.2, 0) is 22.0 Å². The van der Waals surface area contributed by atoms with Crippen LogP contribution in [0.4, 0.5) is 0 Å². The first-order valence-electron chi connectivity index (χ1n) is 7.99. The van der Waals surface area contributed by atoms with E-state index >= 15 is 0 Å². The van der Waals surface area contributed by atoms with Gasteiger partial charge in [0.05, 0.1) is 10.4 Å². The number of benzene rings is 1. The molecule has 0 aliphatic heterocycles. The summed E-state index contributed by atoms with van der Waals surface area (Å²) in [6, 6.07) is 5.35. The van der Waals surface area contributed by atoms with Gasteiger partial charge in [-0.15, -0.1) is 0 Å². The van der Waals surface area contributed by atoms with Gasteiger partial charge in [0, 0.05) is 13.0 Å². The molecule has 0 atom stereocenters. The van der Waals surface area contributed by atoms with Gasteiger partial charge in [0.15, 0.2) is 5.82 Å². The van der Waals surface area contributed by atoms with Crippen LogP contribution in [-0.4, -0.2) is 25.1 Å². The number of nitrogens with one attached hydrogen (secondary N) is 1. The number of hydrogen-bond acceptors (Lipinski definition) is 6. The molecule has 130 valence electrons. The zero-order valence-electron chi connectivity index (χ0n) is 13.9. The molecule has 8 heteroatoms. The zero-order valence-corrected chi connectivity index (χ0v) is 14.7. The molecule has 1 aliphatic carbocycles. The second-order valence-corrected chi connectivity index (χ2v) is 8.17. The van der Waals surface area contributed by atoms with E-state index in [1.165, 1.54) is 0 Å². The van der Waals surface area contributed by atoms with Crippen molar-refractivity contribution in [3.05, 3.63) is 41.0 Å². The van der Waals surface area contributed by atoms with E-state index in [0.717, 1.165) is 24.8 Å². The Kier molecular flexibility index (Phi) is 4.46. The minimum Gasteiger partial charge on any atom is -0.339 e. The van der Waals surface area contributed by atoms with Crippen LogP contribution in [0.2, 0.25) is 0 Å². The molecule has 2 aromatic rings. The van der Waals surface area contributed by atoms with Crippen LogP contribution < -0.4 is 10.5 Å². The van der Waals surface area contributed by atoms with Gasteiger partial charge >= 0.3 is 0 Å². The zero-order chi connectivity index (χ0) is 17.4. The molecule has 1 heterocycles. The van der Waals surface area contributed by atoms with Crippen LogP contribution in [0.25, 0.3) is 0 Å². The topological polar surface area (TPSA) is 111 Å². The van der Waals surface area contributed by atoms with Crippen molar-refractivity contribution in [2.24, 2.45) is 5.73 Å². The molecule has 0 bridgehead atoms. The Morgan fingerprint density at radius 1 is 1.33 bits per heavy atom. The summed E-state index contributed by atoms with van der Waals surface area (Å²) in [7, 11) is -3.56. The van der Waals surface area contributed by atoms with Gasteiger partial charge in [-0.3, -0.25) is 0 Å². The van der Waals surface area contributed by atoms with Gasteiger partial charge in [0.25, 0.3) is 0 Å². The summed E-state index contributed by atoms with van der Waals surface area (Å²) in [4.78, 5) is 4.59. The highest BCUT2D eigenvalue weighted by atomic mass is 32.2. The highest BCUT2D eigenvalue weighted by Gasteiger charge is 2.38. The lowest BCUT2D eigenvalue weighted by molar-refractivity contribution is 0.229. The molecule has 0 saturated heterocycles. The third-order valence-electron chi connectivity index (χ3n) is 4.42. The smallest absolute Gasteiger partial charge is 0.240 e. The number of nitrogens with two attached hydrogens (primary N) is 1. The summed E-state index contributed by atoms with van der Waals surface area (Å²) < 4.78 is 32.6. The monoisotopic (exact) mass is 350 g/mol. The van der Waals surface area contributed by atoms with Gasteiger partial charge in [-0.1, -0.05) is 17.3 Å². The molecule has 0 unspecified atom stereocenters. The minimum atomic E-state index is -3.56. The van der Waals surface area contributed by atoms with E-state index in [0.29, 0.717) is 28.6 Å². The normalized spacial score (nSPS) is 16.8. The third-order valence-corrected chi connectivity index (χ3v) is 6.03. The summed E-state index contributed by atoms with van der Waals surface area (Å²) in [6.07, 6.45) is 3.10. The molecule has 24 heavy (non-hydrogen) atoms. The van der Waals surface area contributed by atoms with Crippen LogP contribution in [0.1, 0.15) is 42.1 Å². The molecule has 1 fully saturated rings. The SMILES string of the molecule is Cc1ccc(C)c(S(=O)(=O)NCCc2nc(C3(N)CCC3)no2)c1. The van der Waals surface area contributed by atoms with Crippen LogP contribution in [0.15, 0.2) is 27.6 Å². The van der Waals surface area contributed by atoms with Crippen molar-refractivity contribution in [1.82, 2.24) is 14.9 Å². The molecule has 0 amide bonds. The first kappa shape index (κ1) is 17.1. The molecular formula is C16H22N4O3S. The molecule has 0 radical (unpaired) electrons. The van der Waals surface area contributed by atoms with E-state index in [-0.39, 0.29) is 6.54 Å². The first-order valence-corrected chi connectivity index (χ1v) is 9.47. The van der Waals surface area contributed by atoms with Crippen molar-refractivity contribution in [1.29, 1.82) is 0 Å². The number of aromatic nitrogens is 2. The van der Waals surface area contributed by atoms with Gasteiger partial charge in [-0.05, 0) is 50.3 Å². The average molecular weight is 350 g/mol. The van der Waals surface area contributed by atoms with Crippen molar-refractivity contribution >= 4 is 10.0 Å². The molecular weight excluding hydrogens is 328 g/mol. The van der Waals surface area contributed by atoms with Gasteiger partial charge in [0.2, 0.25) is 15.9 Å². The van der Waals surface area contributed by atoms with Gasteiger partial charge in [-0.2, -0.15) is 4.98 Å². The Morgan fingerprint density at radius 2 is 2.08 bits per heavy atom. The number of rotatable bonds is 6. The molecule has 1 saturated carbocycles. The second kappa shape index (κ2) is 6.27. The Balaban J connectivity index is 1.62. The first-order chi connectivity index (χ1) is 11.3. The molecule has 1 aromatic carbocycles. The fourth-order valence-corrected chi connectivity index (χ4v) is 4.07. The molecule has 7 nitrogen and oxygen atoms in total. The molecule has 3 N–H and O–H groups in total. The predicted molar refractivity (Wildman–Crippen MR) is 88.8 cm³/mol. The summed E-state index contributed by atoms with van der Waals surface area (Å²) in [5.41, 5.74) is 7.28. The number of nitrogens with zero attached hydrogens (tertiary/aromatic N) is 2. The highest BCUT2D eigenvalue weighted by Crippen LogP contribution is 2.36. The maximum atomic E-state index is 12.4. The van der Waals surface area contributed by atoms with Crippen LogP contribution >= 0.6 is 0 Å². The van der Waals surface area contributed by atoms with Crippen molar-refractivity contribution in [2.75, 3.05) is 6.54 Å². The lowest BCUT2D eigenvalue weighted by atomic mass is 9.77. The van der Waals surface area contributed by atoms with E-state index in [4.69, 9.17) is 10.3 Å². The fraction of sp³-hybridized carbons (Fsp3) is 0.500. The Hall–Kier alpha value is -1.77. The quantitative estimate of drug-likeness (QED) is 0.817. The lowest BCUT2D eigenvalue weighted by Gasteiger charge is -2.34. The molecule has 0 spiro atoms. The Morgan fingerprint density at radius 3 is 2.75 bits per heavy atom. The van der Waals surface area contributed by atoms with Gasteiger partial charge < -0.3 is 10.3 Å². The summed E-state index contributed by atoms with van der Waals surface area (Å²) in [6.45, 7) is 3.83. The van der Waals surface area contributed by atoms with Crippen LogP contribution in [0, 0.1) is 13.8 Å². The Labute approximate surface area is 141 Å². The van der Waals surface area contributed by atoms with E-state index < -0.39 is 15.6 Å². The van der Waals surface area contributed by atoms with E-state index in [2.05, 4.69) is 14.9 Å². The lowest BCUT2D eigenvalue weighted by Crippen LogP contribution is -2.44. The Bertz CT molecular complexity index is 841. The van der Waals surface area contributed by atoms with E-state index in [1.54, 1.807) is 19.1 Å². The van der Waals surface area contributed by atoms with Crippen molar-refractivity contribution in [3.63, 3.8) is 0 Å². The van der Waals surface area contributed by atoms with Crippen LogP contribution in [0.3, 0.4) is 0 Å². The molecule has 1 aromatic heterocycles. The van der Waals surface area contributed by atoms with E-state index in [1.807, 2.05) is 13.0 Å². The predicted octanol–water partition coefficient (Wildman–Crippen LogP) is 1.55. The average Bonchev–Trinajstić information content (AvgIpc) is 2.96. The second-order valence-electron chi connectivity index (χ2n) is 6.44. The van der Waals surface area contributed by atoms with Gasteiger partial charge in [-0.25, -0.2) is 13.1 Å².